The predicted molar refractivity (Wildman–Crippen MR) is 241 cm³/mol. The molecule has 0 heterocycles. The number of aryl methyl sites for hydroxylation is 3. The lowest BCUT2D eigenvalue weighted by molar-refractivity contribution is -0.139. The Bertz CT molecular complexity index is 1720. The highest BCUT2D eigenvalue weighted by atomic mass is 16.5. The van der Waals surface area contributed by atoms with Crippen LogP contribution in [-0.2, 0) is 33.5 Å². The Kier molecular flexibility index (Phi) is 19.8. The van der Waals surface area contributed by atoms with Crippen molar-refractivity contribution >= 4 is 5.97 Å². The molecule has 3 aromatic carbocycles. The van der Waals surface area contributed by atoms with E-state index in [2.05, 4.69) is 81.6 Å². The van der Waals surface area contributed by atoms with Crippen molar-refractivity contribution in [1.82, 2.24) is 0 Å². The second kappa shape index (κ2) is 24.4. The third-order valence-corrected chi connectivity index (χ3v) is 12.4. The van der Waals surface area contributed by atoms with Gasteiger partial charge in [0.25, 0.3) is 0 Å². The maximum absolute atomic E-state index is 12.2. The third-order valence-electron chi connectivity index (χ3n) is 12.4. The Morgan fingerprint density at radius 1 is 0.759 bits per heavy atom. The summed E-state index contributed by atoms with van der Waals surface area (Å²) in [6, 6.07) is 20.8. The first-order chi connectivity index (χ1) is 28.1. The fourth-order valence-corrected chi connectivity index (χ4v) is 8.37. The number of carbonyl (C=O) groups excluding carboxylic acids is 1. The fraction of sp³-hybridized carbons (Fsp3) is 0.558. The number of esters is 1. The Morgan fingerprint density at radius 2 is 1.40 bits per heavy atom. The first kappa shape index (κ1) is 47.0. The van der Waals surface area contributed by atoms with Crippen molar-refractivity contribution in [1.29, 1.82) is 0 Å². The molecule has 0 aromatic heterocycles. The zero-order valence-corrected chi connectivity index (χ0v) is 36.6. The van der Waals surface area contributed by atoms with Gasteiger partial charge >= 0.3 is 5.97 Å². The van der Waals surface area contributed by atoms with Crippen LogP contribution in [0.15, 0.2) is 78.9 Å². The number of rotatable bonds is 26. The molecule has 0 aliphatic heterocycles. The molecule has 0 atom stereocenters. The average Bonchev–Trinajstić information content (AvgIpc) is 3.24. The van der Waals surface area contributed by atoms with Crippen LogP contribution in [0.25, 0.3) is 22.3 Å². The number of aliphatic hydroxyl groups excluding tert-OH is 2. The molecular formula is C52H74O6. The maximum atomic E-state index is 12.2. The minimum Gasteiger partial charge on any atom is -0.493 e. The van der Waals surface area contributed by atoms with Gasteiger partial charge in [0.2, 0.25) is 0 Å². The summed E-state index contributed by atoms with van der Waals surface area (Å²) in [6.45, 7) is 19.4. The maximum Gasteiger partial charge on any atom is 0.333 e. The summed E-state index contributed by atoms with van der Waals surface area (Å²) >= 11 is 0. The highest BCUT2D eigenvalue weighted by molar-refractivity contribution is 5.86. The number of hydrogen-bond donors (Lipinski definition) is 2. The van der Waals surface area contributed by atoms with E-state index in [1.165, 1.54) is 79.2 Å². The molecule has 0 bridgehead atoms. The minimum atomic E-state index is -0.599. The van der Waals surface area contributed by atoms with Crippen molar-refractivity contribution < 1.29 is 29.2 Å². The van der Waals surface area contributed by atoms with Crippen molar-refractivity contribution in [3.8, 4) is 28.0 Å². The van der Waals surface area contributed by atoms with Gasteiger partial charge in [0.1, 0.15) is 5.75 Å². The van der Waals surface area contributed by atoms with Gasteiger partial charge in [0, 0.05) is 17.6 Å². The van der Waals surface area contributed by atoms with E-state index in [1.54, 1.807) is 6.92 Å². The molecule has 0 unspecified atom stereocenters. The van der Waals surface area contributed by atoms with Crippen molar-refractivity contribution in [3.05, 3.63) is 101 Å². The summed E-state index contributed by atoms with van der Waals surface area (Å²) in [5.74, 6) is 2.04. The second-order valence-electron chi connectivity index (χ2n) is 17.1. The molecule has 6 nitrogen and oxygen atoms in total. The third kappa shape index (κ3) is 14.0. The van der Waals surface area contributed by atoms with Crippen molar-refractivity contribution in [2.24, 2.45) is 11.3 Å². The van der Waals surface area contributed by atoms with Crippen LogP contribution in [0.2, 0.25) is 0 Å². The topological polar surface area (TPSA) is 85.2 Å². The van der Waals surface area contributed by atoms with Gasteiger partial charge < -0.3 is 24.4 Å². The molecule has 1 aliphatic rings. The molecule has 0 spiro atoms. The second-order valence-corrected chi connectivity index (χ2v) is 17.1. The number of ether oxygens (including phenoxy) is 3. The summed E-state index contributed by atoms with van der Waals surface area (Å²) in [5.41, 5.74) is 10.5. The monoisotopic (exact) mass is 795 g/mol. The summed E-state index contributed by atoms with van der Waals surface area (Å²) < 4.78 is 18.0. The van der Waals surface area contributed by atoms with Gasteiger partial charge in [0.05, 0.1) is 33.0 Å². The van der Waals surface area contributed by atoms with Gasteiger partial charge in [-0.25, -0.2) is 4.79 Å². The molecule has 0 amide bonds. The van der Waals surface area contributed by atoms with Crippen LogP contribution in [0.4, 0.5) is 0 Å². The van der Waals surface area contributed by atoms with Crippen LogP contribution in [-0.4, -0.2) is 55.8 Å². The number of unbranched alkanes of at least 4 members (excludes halogenated alkanes) is 2. The van der Waals surface area contributed by atoms with E-state index in [4.69, 9.17) is 14.2 Å². The molecule has 6 heteroatoms. The first-order valence-electron chi connectivity index (χ1n) is 22.4. The minimum absolute atomic E-state index is 0.101. The Balaban J connectivity index is 1.63. The molecule has 1 aliphatic carbocycles. The lowest BCUT2D eigenvalue weighted by atomic mass is 9.77. The van der Waals surface area contributed by atoms with Crippen LogP contribution in [0.5, 0.6) is 5.75 Å². The largest absolute Gasteiger partial charge is 0.493 e. The quantitative estimate of drug-likeness (QED) is 0.0364. The van der Waals surface area contributed by atoms with Crippen LogP contribution >= 0.6 is 0 Å². The van der Waals surface area contributed by atoms with Gasteiger partial charge in [-0.3, -0.25) is 0 Å². The molecule has 3 aromatic rings. The van der Waals surface area contributed by atoms with Gasteiger partial charge in [-0.15, -0.1) is 0 Å². The number of benzene rings is 3. The number of carbonyl (C=O) groups is 1. The van der Waals surface area contributed by atoms with E-state index in [-0.39, 0.29) is 25.8 Å². The lowest BCUT2D eigenvalue weighted by Gasteiger charge is -2.29. The average molecular weight is 795 g/mol. The Hall–Kier alpha value is -3.71. The highest BCUT2D eigenvalue weighted by Gasteiger charge is 2.27. The molecule has 1 fully saturated rings. The van der Waals surface area contributed by atoms with Crippen molar-refractivity contribution in [2.45, 2.75) is 137 Å². The summed E-state index contributed by atoms with van der Waals surface area (Å²) in [7, 11) is 0. The van der Waals surface area contributed by atoms with Gasteiger partial charge in [-0.2, -0.15) is 0 Å². The smallest absolute Gasteiger partial charge is 0.333 e. The van der Waals surface area contributed by atoms with Crippen LogP contribution < -0.4 is 4.74 Å². The summed E-state index contributed by atoms with van der Waals surface area (Å²) in [4.78, 5) is 12.2. The summed E-state index contributed by atoms with van der Waals surface area (Å²) in [6.07, 6.45) is 15.7. The van der Waals surface area contributed by atoms with E-state index in [0.29, 0.717) is 57.0 Å². The molecule has 0 radical (unpaired) electrons. The SMILES string of the molecule is C=C(C)COCCCc1cc(-c2ccc(-c3ccc(C4CCC(CCCCC)CC4)cc3)cc2CC)cc(CCCOC(=O)C(=C)C)c1OCCC(CC)(CO)CO. The van der Waals surface area contributed by atoms with E-state index in [9.17, 15) is 15.0 Å². The molecule has 1 saturated carbocycles. The molecule has 0 saturated heterocycles. The fourth-order valence-electron chi connectivity index (χ4n) is 8.37. The van der Waals surface area contributed by atoms with Gasteiger partial charge in [-0.1, -0.05) is 108 Å². The normalized spacial score (nSPS) is 15.6. The zero-order valence-electron chi connectivity index (χ0n) is 36.6. The molecule has 318 valence electrons. The van der Waals surface area contributed by atoms with Gasteiger partial charge in [-0.05, 0) is 153 Å². The van der Waals surface area contributed by atoms with E-state index in [0.717, 1.165) is 53.2 Å². The van der Waals surface area contributed by atoms with Crippen molar-refractivity contribution in [3.63, 3.8) is 0 Å². The zero-order chi connectivity index (χ0) is 41.9. The molecular weight excluding hydrogens is 721 g/mol. The Morgan fingerprint density at radius 3 is 1.98 bits per heavy atom. The van der Waals surface area contributed by atoms with Gasteiger partial charge in [0.15, 0.2) is 0 Å². The predicted octanol–water partition coefficient (Wildman–Crippen LogP) is 12.2. The number of aliphatic hydroxyl groups is 2. The standard InChI is InChI=1S/C52H74O6/c1-8-11-12-15-40-18-20-42(21-19-40)43-22-24-44(25-23-43)45-26-27-49(41(9-2)32-45)48-33-46(16-13-29-56-35-38(4)5)50(57-31-28-52(10-3,36-53)37-54)47(34-48)17-14-30-58-51(55)39(6)7/h22-27,32-34,40,42,53-54H,4,6,8-21,28-31,35-37H2,1-3,5,7H3. The Labute approximate surface area is 351 Å². The highest BCUT2D eigenvalue weighted by Crippen LogP contribution is 2.40. The molecule has 58 heavy (non-hydrogen) atoms. The molecule has 2 N–H and O–H groups in total. The van der Waals surface area contributed by atoms with Crippen LogP contribution in [0.3, 0.4) is 0 Å². The van der Waals surface area contributed by atoms with Crippen LogP contribution in [0.1, 0.15) is 140 Å². The molecule has 4 rings (SSSR count). The van der Waals surface area contributed by atoms with Crippen LogP contribution in [0, 0.1) is 11.3 Å². The van der Waals surface area contributed by atoms with Crippen molar-refractivity contribution in [2.75, 3.05) is 39.6 Å². The van der Waals surface area contributed by atoms with E-state index < -0.39 is 5.41 Å². The number of hydrogen-bond acceptors (Lipinski definition) is 6. The lowest BCUT2D eigenvalue weighted by Crippen LogP contribution is -2.31. The van der Waals surface area contributed by atoms with E-state index in [1.807, 2.05) is 13.8 Å². The first-order valence-corrected chi connectivity index (χ1v) is 22.4. The van der Waals surface area contributed by atoms with E-state index >= 15 is 0 Å². The summed E-state index contributed by atoms with van der Waals surface area (Å²) in [5, 5.41) is 20.3.